The lowest BCUT2D eigenvalue weighted by atomic mass is 10.1. The first kappa shape index (κ1) is 17.8. The van der Waals surface area contributed by atoms with Crippen LogP contribution in [0.1, 0.15) is 76.3 Å². The van der Waals surface area contributed by atoms with Crippen molar-refractivity contribution in [1.29, 1.82) is 0 Å². The molecule has 23 heavy (non-hydrogen) atoms. The maximum Gasteiger partial charge on any atom is 0.0670 e. The fourth-order valence-electron chi connectivity index (χ4n) is 4.97. The Balaban J connectivity index is 2.09. The Morgan fingerprint density at radius 3 is 1.65 bits per heavy atom. The van der Waals surface area contributed by atoms with Gasteiger partial charge in [-0.05, 0) is 87.5 Å². The van der Waals surface area contributed by atoms with E-state index in [0.717, 1.165) is 24.2 Å². The number of benzene rings is 1. The van der Waals surface area contributed by atoms with Crippen molar-refractivity contribution < 1.29 is 0 Å². The van der Waals surface area contributed by atoms with E-state index in [1.165, 1.54) is 62.5 Å². The van der Waals surface area contributed by atoms with Gasteiger partial charge in [-0.1, -0.05) is 32.8 Å². The second kappa shape index (κ2) is 7.88. The highest BCUT2D eigenvalue weighted by Crippen LogP contribution is 2.75. The molecule has 0 spiro atoms. The first-order chi connectivity index (χ1) is 11.2. The van der Waals surface area contributed by atoms with Gasteiger partial charge in [-0.15, -0.1) is 0 Å². The molecule has 0 atom stereocenters. The van der Waals surface area contributed by atoms with Crippen molar-refractivity contribution in [3.05, 3.63) is 34.9 Å². The molecule has 2 heteroatoms. The molecule has 2 saturated carbocycles. The zero-order valence-corrected chi connectivity index (χ0v) is 16.5. The third-order valence-corrected chi connectivity index (χ3v) is 12.2. The summed E-state index contributed by atoms with van der Waals surface area (Å²) in [5.41, 5.74) is 6.96. The topological polar surface area (TPSA) is 0 Å². The van der Waals surface area contributed by atoms with Crippen LogP contribution in [0.2, 0.25) is 0 Å². The van der Waals surface area contributed by atoms with Crippen LogP contribution in [0.5, 0.6) is 0 Å². The van der Waals surface area contributed by atoms with Crippen molar-refractivity contribution >= 4 is 24.2 Å². The quantitative estimate of drug-likeness (QED) is 0.395. The molecule has 3 rings (SSSR count). The lowest BCUT2D eigenvalue weighted by Crippen LogP contribution is -2.29. The Hall–Kier alpha value is -0.0600. The summed E-state index contributed by atoms with van der Waals surface area (Å²) in [7, 11) is -1.36. The van der Waals surface area contributed by atoms with Crippen molar-refractivity contribution in [2.24, 2.45) is 0 Å². The molecule has 0 nitrogen and oxygen atoms in total. The first-order valence-corrected chi connectivity index (χ1v) is 12.1. The van der Waals surface area contributed by atoms with E-state index in [9.17, 15) is 0 Å². The summed E-state index contributed by atoms with van der Waals surface area (Å²) in [6.07, 6.45) is 13.6. The van der Waals surface area contributed by atoms with E-state index in [4.69, 9.17) is 11.6 Å². The Kier molecular flexibility index (Phi) is 6.08. The van der Waals surface area contributed by atoms with Crippen molar-refractivity contribution in [1.82, 2.24) is 0 Å². The summed E-state index contributed by atoms with van der Waals surface area (Å²) in [6, 6.07) is 7.47. The number of halogens is 1. The number of rotatable bonds is 6. The van der Waals surface area contributed by atoms with Crippen molar-refractivity contribution in [2.45, 2.75) is 89.4 Å². The fourth-order valence-corrected chi connectivity index (χ4v) is 11.4. The third-order valence-electron chi connectivity index (χ3n) is 6.32. The summed E-state index contributed by atoms with van der Waals surface area (Å²) >= 11 is 6.73. The van der Waals surface area contributed by atoms with Gasteiger partial charge in [-0.25, -0.2) is 0 Å². The average Bonchev–Trinajstić information content (AvgIpc) is 3.30. The molecule has 1 aromatic rings. The Bertz CT molecular complexity index is 474. The molecule has 0 saturated heterocycles. The first-order valence-electron chi connectivity index (χ1n) is 9.70. The predicted octanol–water partition coefficient (Wildman–Crippen LogP) is 6.70. The van der Waals surface area contributed by atoms with E-state index < -0.39 is 7.26 Å². The van der Waals surface area contributed by atoms with Gasteiger partial charge in [-0.3, -0.25) is 0 Å². The van der Waals surface area contributed by atoms with Crippen LogP contribution < -0.4 is 5.30 Å². The molecule has 0 bridgehead atoms. The minimum absolute atomic E-state index is 0.861. The molecule has 0 aromatic heterocycles. The maximum atomic E-state index is 6.73. The third kappa shape index (κ3) is 3.36. The highest BCUT2D eigenvalue weighted by molar-refractivity contribution is 7.87. The average molecular weight is 351 g/mol. The zero-order chi connectivity index (χ0) is 16.3. The van der Waals surface area contributed by atoms with Crippen molar-refractivity contribution in [2.75, 3.05) is 0 Å². The van der Waals surface area contributed by atoms with Crippen LogP contribution in [0.3, 0.4) is 0 Å². The van der Waals surface area contributed by atoms with Crippen LogP contribution in [-0.2, 0) is 12.8 Å². The van der Waals surface area contributed by atoms with Gasteiger partial charge in [-0.2, -0.15) is 0 Å². The minimum Gasteiger partial charge on any atom is -0.304 e. The monoisotopic (exact) mass is 350 g/mol. The van der Waals surface area contributed by atoms with Crippen LogP contribution in [0.25, 0.3) is 0 Å². The molecule has 0 aliphatic heterocycles. The van der Waals surface area contributed by atoms with Crippen LogP contribution >= 0.6 is 18.9 Å². The van der Waals surface area contributed by atoms with Crippen molar-refractivity contribution in [3.63, 3.8) is 0 Å². The predicted molar refractivity (Wildman–Crippen MR) is 106 cm³/mol. The molecule has 2 aliphatic carbocycles. The van der Waals surface area contributed by atoms with Crippen LogP contribution in [-0.4, -0.2) is 11.3 Å². The van der Waals surface area contributed by atoms with Gasteiger partial charge in [0.2, 0.25) is 0 Å². The second-order valence-corrected chi connectivity index (χ2v) is 12.0. The summed E-state index contributed by atoms with van der Waals surface area (Å²) in [6.45, 7) is 4.57. The normalized spacial score (nSPS) is 20.5. The van der Waals surface area contributed by atoms with Gasteiger partial charge < -0.3 is 11.6 Å². The van der Waals surface area contributed by atoms with E-state index in [1.54, 1.807) is 5.30 Å². The van der Waals surface area contributed by atoms with Gasteiger partial charge in [0.05, 0.1) is 5.30 Å². The van der Waals surface area contributed by atoms with E-state index in [-0.39, 0.29) is 0 Å². The van der Waals surface area contributed by atoms with Gasteiger partial charge in [0, 0.05) is 11.3 Å². The molecule has 0 unspecified atom stereocenters. The summed E-state index contributed by atoms with van der Waals surface area (Å²) in [4.78, 5) is 0. The summed E-state index contributed by atoms with van der Waals surface area (Å²) < 4.78 is 0. The van der Waals surface area contributed by atoms with Crippen LogP contribution in [0.15, 0.2) is 18.2 Å². The maximum absolute atomic E-state index is 6.73. The van der Waals surface area contributed by atoms with E-state index in [0.29, 0.717) is 0 Å². The highest BCUT2D eigenvalue weighted by atomic mass is 35.5. The lowest BCUT2D eigenvalue weighted by molar-refractivity contribution is 0.823. The molecule has 0 amide bonds. The molecule has 128 valence electrons. The Morgan fingerprint density at radius 1 is 0.870 bits per heavy atom. The second-order valence-electron chi connectivity index (χ2n) is 7.52. The Labute approximate surface area is 148 Å². The van der Waals surface area contributed by atoms with Crippen molar-refractivity contribution in [3.8, 4) is 0 Å². The smallest absolute Gasteiger partial charge is 0.0670 e. The summed E-state index contributed by atoms with van der Waals surface area (Å²) in [5.74, 6) is 0. The number of aryl methyl sites for hydroxylation is 2. The molecular weight excluding hydrogens is 319 g/mol. The molecular formula is C21H32ClP. The highest BCUT2D eigenvalue weighted by Gasteiger charge is 2.48. The zero-order valence-electron chi connectivity index (χ0n) is 14.9. The van der Waals surface area contributed by atoms with E-state index >= 15 is 0 Å². The number of hydrogen-bond acceptors (Lipinski definition) is 0. The minimum atomic E-state index is -1.36. The molecule has 0 N–H and O–H groups in total. The molecule has 0 heterocycles. The van der Waals surface area contributed by atoms with Gasteiger partial charge in [0.1, 0.15) is 0 Å². The molecule has 2 fully saturated rings. The SMILES string of the molecule is CCc1cc(CC)cc([P+]([CH-]Cl)(C2CCCC2)C2CCCC2)c1. The molecule has 0 radical (unpaired) electrons. The molecule has 2 aliphatic rings. The van der Waals surface area contributed by atoms with Gasteiger partial charge in [0.25, 0.3) is 0 Å². The van der Waals surface area contributed by atoms with Crippen LogP contribution in [0, 0.1) is 5.62 Å². The standard InChI is InChI=1S/C21H32ClP/c1-3-17-13-18(4-2)15-21(14-17)23(16-22,19-9-5-6-10-19)20-11-7-8-12-20/h13-16,19-20H,3-12H2,1-2H3. The van der Waals surface area contributed by atoms with Crippen LogP contribution in [0.4, 0.5) is 0 Å². The van der Waals surface area contributed by atoms with E-state index in [2.05, 4.69) is 37.7 Å². The number of hydrogen-bond donors (Lipinski definition) is 0. The molecule has 1 aromatic carbocycles. The largest absolute Gasteiger partial charge is 0.304 e. The fraction of sp³-hybridized carbons (Fsp3) is 0.667. The lowest BCUT2D eigenvalue weighted by Gasteiger charge is -2.44. The summed E-state index contributed by atoms with van der Waals surface area (Å²) in [5, 5.41) is 1.64. The van der Waals surface area contributed by atoms with E-state index in [1.807, 2.05) is 0 Å². The van der Waals surface area contributed by atoms with Gasteiger partial charge in [0.15, 0.2) is 0 Å². The Morgan fingerprint density at radius 2 is 1.30 bits per heavy atom. The van der Waals surface area contributed by atoms with Gasteiger partial charge >= 0.3 is 0 Å².